The summed E-state index contributed by atoms with van der Waals surface area (Å²) in [5.41, 5.74) is 1.40. The van der Waals surface area contributed by atoms with E-state index < -0.39 is 12.3 Å². The summed E-state index contributed by atoms with van der Waals surface area (Å²) in [5, 5.41) is 0. The highest BCUT2D eigenvalue weighted by atomic mass is 35.5. The molecule has 1 amide bonds. The van der Waals surface area contributed by atoms with Crippen LogP contribution in [0.1, 0.15) is 31.9 Å². The minimum Gasteiger partial charge on any atom is -0.496 e. The van der Waals surface area contributed by atoms with Gasteiger partial charge in [0.25, 0.3) is 0 Å². The lowest BCUT2D eigenvalue weighted by atomic mass is 10.1. The van der Waals surface area contributed by atoms with Gasteiger partial charge in [-0.25, -0.2) is 9.18 Å². The van der Waals surface area contributed by atoms with Gasteiger partial charge in [-0.05, 0) is 32.4 Å². The number of halogens is 2. The van der Waals surface area contributed by atoms with Crippen molar-refractivity contribution in [2.45, 2.75) is 44.8 Å². The highest BCUT2D eigenvalue weighted by molar-refractivity contribution is 6.17. The zero-order valence-corrected chi connectivity index (χ0v) is 16.7. The number of benzene rings is 1. The number of carbonyl (C=O) groups excluding carboxylic acids is 1. The molecule has 1 fully saturated rings. The maximum Gasteiger partial charge on any atom is 0.410 e. The van der Waals surface area contributed by atoms with Crippen LogP contribution in [0.15, 0.2) is 18.2 Å². The predicted molar refractivity (Wildman–Crippen MR) is 101 cm³/mol. The largest absolute Gasteiger partial charge is 0.496 e. The molecule has 0 unspecified atom stereocenters. The van der Waals surface area contributed by atoms with Crippen molar-refractivity contribution in [1.29, 1.82) is 0 Å². The first kappa shape index (κ1) is 20.8. The standard InChI is InChI=1S/C19H28ClFN2O3/c1-19(2,3)26-18(24)23-8-7-22(16(11-21)13-23)12-14-5-6-15(10-20)17(9-14)25-4/h5-6,9,16H,7-8,10-13H2,1-4H3/t16-/m1/s1. The molecule has 1 heterocycles. The molecule has 7 heteroatoms. The molecule has 0 radical (unpaired) electrons. The fourth-order valence-corrected chi connectivity index (χ4v) is 3.19. The third kappa shape index (κ3) is 5.48. The first-order valence-electron chi connectivity index (χ1n) is 8.77. The number of carbonyl (C=O) groups is 1. The molecule has 5 nitrogen and oxygen atoms in total. The zero-order chi connectivity index (χ0) is 19.3. The normalized spacial score (nSPS) is 18.7. The third-order valence-electron chi connectivity index (χ3n) is 4.32. The van der Waals surface area contributed by atoms with E-state index in [-0.39, 0.29) is 12.1 Å². The van der Waals surface area contributed by atoms with Crippen molar-refractivity contribution >= 4 is 17.7 Å². The Balaban J connectivity index is 2.02. The van der Waals surface area contributed by atoms with Crippen LogP contribution in [0.4, 0.5) is 9.18 Å². The van der Waals surface area contributed by atoms with E-state index in [1.165, 1.54) is 0 Å². The van der Waals surface area contributed by atoms with Crippen LogP contribution in [0.25, 0.3) is 0 Å². The summed E-state index contributed by atoms with van der Waals surface area (Å²) < 4.78 is 24.4. The van der Waals surface area contributed by atoms with Crippen molar-refractivity contribution in [3.05, 3.63) is 29.3 Å². The second-order valence-corrected chi connectivity index (χ2v) is 7.75. The highest BCUT2D eigenvalue weighted by Gasteiger charge is 2.32. The molecular weight excluding hydrogens is 359 g/mol. The van der Waals surface area contributed by atoms with Crippen molar-refractivity contribution < 1.29 is 18.7 Å². The Morgan fingerprint density at radius 3 is 2.65 bits per heavy atom. The Labute approximate surface area is 160 Å². The van der Waals surface area contributed by atoms with E-state index in [0.29, 0.717) is 32.1 Å². The second-order valence-electron chi connectivity index (χ2n) is 7.48. The number of nitrogens with zero attached hydrogens (tertiary/aromatic N) is 2. The summed E-state index contributed by atoms with van der Waals surface area (Å²) in [6, 6.07) is 5.50. The van der Waals surface area contributed by atoms with Gasteiger partial charge in [-0.2, -0.15) is 0 Å². The predicted octanol–water partition coefficient (Wildman–Crippen LogP) is 3.82. The molecule has 0 aromatic heterocycles. The Kier molecular flexibility index (Phi) is 7.12. The number of piperazine rings is 1. The van der Waals surface area contributed by atoms with E-state index in [2.05, 4.69) is 4.90 Å². The first-order valence-corrected chi connectivity index (χ1v) is 9.30. The van der Waals surface area contributed by atoms with Crippen LogP contribution in [-0.2, 0) is 17.2 Å². The molecule has 0 N–H and O–H groups in total. The molecule has 1 atom stereocenters. The number of hydrogen-bond donors (Lipinski definition) is 0. The minimum atomic E-state index is -0.555. The Morgan fingerprint density at radius 2 is 2.08 bits per heavy atom. The molecule has 26 heavy (non-hydrogen) atoms. The highest BCUT2D eigenvalue weighted by Crippen LogP contribution is 2.24. The van der Waals surface area contributed by atoms with E-state index in [1.807, 2.05) is 39.0 Å². The number of ether oxygens (including phenoxy) is 2. The van der Waals surface area contributed by atoms with E-state index in [9.17, 15) is 9.18 Å². The van der Waals surface area contributed by atoms with Crippen LogP contribution in [-0.4, -0.2) is 61.0 Å². The molecular formula is C19H28ClFN2O3. The van der Waals surface area contributed by atoms with E-state index >= 15 is 0 Å². The topological polar surface area (TPSA) is 42.0 Å². The Bertz CT molecular complexity index is 621. The lowest BCUT2D eigenvalue weighted by Crippen LogP contribution is -2.55. The van der Waals surface area contributed by atoms with Crippen molar-refractivity contribution in [3.8, 4) is 5.75 Å². The van der Waals surface area contributed by atoms with Crippen molar-refractivity contribution in [1.82, 2.24) is 9.80 Å². The van der Waals surface area contributed by atoms with Gasteiger partial charge < -0.3 is 14.4 Å². The van der Waals surface area contributed by atoms with Crippen LogP contribution < -0.4 is 4.74 Å². The summed E-state index contributed by atoms with van der Waals surface area (Å²) in [4.78, 5) is 15.9. The lowest BCUT2D eigenvalue weighted by Gasteiger charge is -2.40. The average Bonchev–Trinajstić information content (AvgIpc) is 2.60. The summed E-state index contributed by atoms with van der Waals surface area (Å²) in [6.45, 7) is 6.98. The van der Waals surface area contributed by atoms with Gasteiger partial charge in [-0.3, -0.25) is 4.90 Å². The lowest BCUT2D eigenvalue weighted by molar-refractivity contribution is -0.000714. The molecule has 1 aromatic carbocycles. The number of methoxy groups -OCH3 is 1. The molecule has 0 saturated carbocycles. The molecule has 1 saturated heterocycles. The number of rotatable bonds is 5. The average molecular weight is 387 g/mol. The Hall–Kier alpha value is -1.53. The summed E-state index contributed by atoms with van der Waals surface area (Å²) in [5.74, 6) is 1.12. The molecule has 1 aliphatic rings. The molecule has 146 valence electrons. The van der Waals surface area contributed by atoms with Gasteiger partial charge in [0.2, 0.25) is 0 Å². The smallest absolute Gasteiger partial charge is 0.410 e. The van der Waals surface area contributed by atoms with Crippen LogP contribution in [0, 0.1) is 0 Å². The van der Waals surface area contributed by atoms with Crippen LogP contribution in [0.3, 0.4) is 0 Å². The van der Waals surface area contributed by atoms with E-state index in [4.69, 9.17) is 21.1 Å². The summed E-state index contributed by atoms with van der Waals surface area (Å²) >= 11 is 5.90. The van der Waals surface area contributed by atoms with Gasteiger partial charge in [-0.1, -0.05) is 12.1 Å². The SMILES string of the molecule is COc1cc(CN2CCN(C(=O)OC(C)(C)C)C[C@H]2CF)ccc1CCl. The maximum atomic E-state index is 13.6. The molecule has 1 aliphatic heterocycles. The van der Waals surface area contributed by atoms with E-state index in [0.717, 1.165) is 16.9 Å². The Morgan fingerprint density at radius 1 is 1.35 bits per heavy atom. The van der Waals surface area contributed by atoms with Crippen molar-refractivity contribution in [2.24, 2.45) is 0 Å². The third-order valence-corrected chi connectivity index (χ3v) is 4.60. The summed E-state index contributed by atoms with van der Waals surface area (Å²) in [6.07, 6.45) is -0.385. The van der Waals surface area contributed by atoms with Crippen LogP contribution in [0.5, 0.6) is 5.75 Å². The monoisotopic (exact) mass is 386 g/mol. The second kappa shape index (κ2) is 8.91. The summed E-state index contributed by atoms with van der Waals surface area (Å²) in [7, 11) is 1.61. The van der Waals surface area contributed by atoms with Gasteiger partial charge >= 0.3 is 6.09 Å². The van der Waals surface area contributed by atoms with Gasteiger partial charge in [0, 0.05) is 31.7 Å². The number of amides is 1. The zero-order valence-electron chi connectivity index (χ0n) is 15.9. The van der Waals surface area contributed by atoms with Crippen LogP contribution >= 0.6 is 11.6 Å². The quantitative estimate of drug-likeness (QED) is 0.721. The fraction of sp³-hybridized carbons (Fsp3) is 0.632. The van der Waals surface area contributed by atoms with Gasteiger partial charge in [0.05, 0.1) is 19.0 Å². The maximum absolute atomic E-state index is 13.6. The minimum absolute atomic E-state index is 0.322. The molecule has 0 spiro atoms. The first-order chi connectivity index (χ1) is 12.3. The van der Waals surface area contributed by atoms with Crippen molar-refractivity contribution in [2.75, 3.05) is 33.4 Å². The molecule has 0 bridgehead atoms. The van der Waals surface area contributed by atoms with Gasteiger partial charge in [-0.15, -0.1) is 11.6 Å². The molecule has 2 rings (SSSR count). The van der Waals surface area contributed by atoms with Gasteiger partial charge in [0.1, 0.15) is 18.0 Å². The van der Waals surface area contributed by atoms with Crippen molar-refractivity contribution in [3.63, 3.8) is 0 Å². The number of alkyl halides is 2. The number of hydrogen-bond acceptors (Lipinski definition) is 4. The van der Waals surface area contributed by atoms with E-state index in [1.54, 1.807) is 12.0 Å². The molecule has 1 aromatic rings. The fourth-order valence-electron chi connectivity index (χ4n) is 2.97. The van der Waals surface area contributed by atoms with Gasteiger partial charge in [0.15, 0.2) is 0 Å². The van der Waals surface area contributed by atoms with Crippen LogP contribution in [0.2, 0.25) is 0 Å². The molecule has 0 aliphatic carbocycles.